The van der Waals surface area contributed by atoms with E-state index < -0.39 is 0 Å². The van der Waals surface area contributed by atoms with Gasteiger partial charge < -0.3 is 14.6 Å². The zero-order valence-corrected chi connectivity index (χ0v) is 13.6. The van der Waals surface area contributed by atoms with Gasteiger partial charge >= 0.3 is 5.97 Å². The minimum absolute atomic E-state index is 0.0586. The Hall–Kier alpha value is -1.03. The van der Waals surface area contributed by atoms with E-state index in [9.17, 15) is 4.79 Å². The van der Waals surface area contributed by atoms with Gasteiger partial charge in [-0.1, -0.05) is 27.7 Å². The summed E-state index contributed by atoms with van der Waals surface area (Å²) in [6, 6.07) is 0. The fourth-order valence-electron chi connectivity index (χ4n) is 2.63. The Morgan fingerprint density at radius 3 is 1.90 bits per heavy atom. The van der Waals surface area contributed by atoms with Crippen LogP contribution < -0.4 is 0 Å². The topological polar surface area (TPSA) is 55.8 Å². The summed E-state index contributed by atoms with van der Waals surface area (Å²) in [6.07, 6.45) is 3.20. The molecule has 0 spiro atoms. The van der Waals surface area contributed by atoms with E-state index in [0.29, 0.717) is 24.4 Å². The molecule has 0 aliphatic heterocycles. The van der Waals surface area contributed by atoms with Crippen molar-refractivity contribution in [1.29, 1.82) is 0 Å². The van der Waals surface area contributed by atoms with Gasteiger partial charge in [0.15, 0.2) is 0 Å². The third-order valence-electron chi connectivity index (χ3n) is 4.01. The van der Waals surface area contributed by atoms with Gasteiger partial charge in [0.2, 0.25) is 0 Å². The Labute approximate surface area is 123 Å². The number of aliphatic hydroxyl groups is 1. The molecular formula is C16H30O4. The predicted molar refractivity (Wildman–Crippen MR) is 80.3 cm³/mol. The molecule has 0 rings (SSSR count). The number of ether oxygens (including phenoxy) is 2. The average Bonchev–Trinajstić information content (AvgIpc) is 2.47. The van der Waals surface area contributed by atoms with Crippen LogP contribution in [0.2, 0.25) is 0 Å². The van der Waals surface area contributed by atoms with Gasteiger partial charge in [0.1, 0.15) is 12.4 Å². The van der Waals surface area contributed by atoms with Crippen LogP contribution in [-0.2, 0) is 14.3 Å². The highest BCUT2D eigenvalue weighted by atomic mass is 16.5. The van der Waals surface area contributed by atoms with Gasteiger partial charge in [0.25, 0.3) is 0 Å². The van der Waals surface area contributed by atoms with Gasteiger partial charge in [-0.25, -0.2) is 4.79 Å². The molecule has 4 heteroatoms. The van der Waals surface area contributed by atoms with Crippen LogP contribution in [0.3, 0.4) is 0 Å². The molecule has 0 aromatic heterocycles. The number of hydrogen-bond donors (Lipinski definition) is 1. The lowest BCUT2D eigenvalue weighted by Crippen LogP contribution is -2.30. The molecule has 20 heavy (non-hydrogen) atoms. The Kier molecular flexibility index (Phi) is 9.30. The van der Waals surface area contributed by atoms with Crippen molar-refractivity contribution in [3.8, 4) is 0 Å². The number of aliphatic hydroxyl groups excluding tert-OH is 1. The van der Waals surface area contributed by atoms with Crippen LogP contribution in [-0.4, -0.2) is 30.9 Å². The van der Waals surface area contributed by atoms with Crippen LogP contribution >= 0.6 is 0 Å². The first-order valence-electron chi connectivity index (χ1n) is 7.71. The van der Waals surface area contributed by atoms with Gasteiger partial charge in [0, 0.05) is 11.8 Å². The zero-order valence-electron chi connectivity index (χ0n) is 13.6. The summed E-state index contributed by atoms with van der Waals surface area (Å²) in [5.41, 5.74) is 0.440. The lowest BCUT2D eigenvalue weighted by molar-refractivity contribution is -0.140. The van der Waals surface area contributed by atoms with Crippen molar-refractivity contribution in [1.82, 2.24) is 0 Å². The number of carbonyl (C=O) groups is 1. The minimum Gasteiger partial charge on any atom is -0.495 e. The Balaban J connectivity index is 5.76. The molecule has 0 atom stereocenters. The molecule has 0 saturated carbocycles. The summed E-state index contributed by atoms with van der Waals surface area (Å²) in [6.45, 7) is 10.5. The van der Waals surface area contributed by atoms with E-state index in [1.54, 1.807) is 6.92 Å². The number of esters is 1. The molecule has 0 amide bonds. The van der Waals surface area contributed by atoms with Crippen LogP contribution in [0.25, 0.3) is 0 Å². The fourth-order valence-corrected chi connectivity index (χ4v) is 2.63. The summed E-state index contributed by atoms with van der Waals surface area (Å²) in [4.78, 5) is 12.4. The summed E-state index contributed by atoms with van der Waals surface area (Å²) >= 11 is 0. The van der Waals surface area contributed by atoms with Crippen molar-refractivity contribution in [2.75, 3.05) is 19.8 Å². The van der Waals surface area contributed by atoms with Crippen molar-refractivity contribution < 1.29 is 19.4 Å². The quantitative estimate of drug-likeness (QED) is 0.380. The summed E-state index contributed by atoms with van der Waals surface area (Å²) in [7, 11) is 0. The summed E-state index contributed by atoms with van der Waals surface area (Å²) in [5.74, 6) is 0.371. The standard InChI is InChI=1S/C16H30O4/c1-6-13(20-12-11-17)14(15(18)19-10-5)16(7-2,8-3)9-4/h17H,6-12H2,1-5H3. The molecule has 118 valence electrons. The first-order valence-corrected chi connectivity index (χ1v) is 7.71. The number of allylic oxidation sites excluding steroid dienone is 1. The molecule has 0 aromatic carbocycles. The van der Waals surface area contributed by atoms with Crippen LogP contribution in [0, 0.1) is 5.41 Å². The molecule has 0 saturated heterocycles. The maximum absolute atomic E-state index is 12.4. The van der Waals surface area contributed by atoms with E-state index in [4.69, 9.17) is 14.6 Å². The molecule has 0 fully saturated rings. The molecule has 0 unspecified atom stereocenters. The van der Waals surface area contributed by atoms with Gasteiger partial charge in [0.05, 0.1) is 18.8 Å². The van der Waals surface area contributed by atoms with Gasteiger partial charge in [-0.05, 0) is 26.2 Å². The highest BCUT2D eigenvalue weighted by Gasteiger charge is 2.37. The van der Waals surface area contributed by atoms with Crippen LogP contribution in [0.4, 0.5) is 0 Å². The normalized spacial score (nSPS) is 12.9. The molecular weight excluding hydrogens is 256 g/mol. The highest BCUT2D eigenvalue weighted by molar-refractivity contribution is 5.90. The van der Waals surface area contributed by atoms with Crippen molar-refractivity contribution in [3.05, 3.63) is 11.3 Å². The minimum atomic E-state index is -0.284. The Morgan fingerprint density at radius 1 is 1.00 bits per heavy atom. The number of rotatable bonds is 10. The molecule has 0 heterocycles. The second-order valence-corrected chi connectivity index (χ2v) is 4.79. The van der Waals surface area contributed by atoms with Gasteiger partial charge in [-0.2, -0.15) is 0 Å². The van der Waals surface area contributed by atoms with E-state index in [0.717, 1.165) is 19.3 Å². The molecule has 0 aromatic rings. The first-order chi connectivity index (χ1) is 9.56. The maximum Gasteiger partial charge on any atom is 0.337 e. The highest BCUT2D eigenvalue weighted by Crippen LogP contribution is 2.41. The van der Waals surface area contributed by atoms with E-state index in [1.807, 2.05) is 6.92 Å². The van der Waals surface area contributed by atoms with E-state index in [2.05, 4.69) is 20.8 Å². The molecule has 0 aliphatic rings. The molecule has 1 N–H and O–H groups in total. The molecule has 4 nitrogen and oxygen atoms in total. The van der Waals surface area contributed by atoms with Crippen molar-refractivity contribution in [3.63, 3.8) is 0 Å². The smallest absolute Gasteiger partial charge is 0.337 e. The number of hydrogen-bond acceptors (Lipinski definition) is 4. The van der Waals surface area contributed by atoms with E-state index in [1.165, 1.54) is 0 Å². The summed E-state index contributed by atoms with van der Waals surface area (Å²) < 4.78 is 10.8. The van der Waals surface area contributed by atoms with Gasteiger partial charge in [-0.3, -0.25) is 0 Å². The lowest BCUT2D eigenvalue weighted by atomic mass is 9.72. The van der Waals surface area contributed by atoms with E-state index >= 15 is 0 Å². The second-order valence-electron chi connectivity index (χ2n) is 4.79. The molecule has 0 bridgehead atoms. The van der Waals surface area contributed by atoms with Crippen LogP contribution in [0.5, 0.6) is 0 Å². The maximum atomic E-state index is 12.4. The molecule has 0 radical (unpaired) electrons. The Morgan fingerprint density at radius 2 is 1.55 bits per heavy atom. The number of carbonyl (C=O) groups excluding carboxylic acids is 1. The van der Waals surface area contributed by atoms with Gasteiger partial charge in [-0.15, -0.1) is 0 Å². The summed E-state index contributed by atoms with van der Waals surface area (Å²) in [5, 5.41) is 8.95. The van der Waals surface area contributed by atoms with E-state index in [-0.39, 0.29) is 24.6 Å². The SMILES string of the molecule is CCOC(=O)C(=C(CC)OCCO)C(CC)(CC)CC. The zero-order chi connectivity index (χ0) is 15.6. The first kappa shape index (κ1) is 19.0. The van der Waals surface area contributed by atoms with Crippen molar-refractivity contribution in [2.24, 2.45) is 5.41 Å². The monoisotopic (exact) mass is 286 g/mol. The second kappa shape index (κ2) is 9.81. The molecule has 0 aliphatic carbocycles. The third-order valence-corrected chi connectivity index (χ3v) is 4.01. The Bertz CT molecular complexity index is 308. The van der Waals surface area contributed by atoms with Crippen LogP contribution in [0.1, 0.15) is 60.3 Å². The average molecular weight is 286 g/mol. The third kappa shape index (κ3) is 4.51. The van der Waals surface area contributed by atoms with Crippen LogP contribution in [0.15, 0.2) is 11.3 Å². The fraction of sp³-hybridized carbons (Fsp3) is 0.812. The van der Waals surface area contributed by atoms with Crippen molar-refractivity contribution >= 4 is 5.97 Å². The lowest BCUT2D eigenvalue weighted by Gasteiger charge is -2.33. The predicted octanol–water partition coefficient (Wildman–Crippen LogP) is 3.44. The van der Waals surface area contributed by atoms with Crippen molar-refractivity contribution in [2.45, 2.75) is 60.3 Å². The largest absolute Gasteiger partial charge is 0.495 e.